The summed E-state index contributed by atoms with van der Waals surface area (Å²) in [5.74, 6) is -2.61. The minimum Gasteiger partial charge on any atom is -0.497 e. The molecule has 248 valence electrons. The van der Waals surface area contributed by atoms with Gasteiger partial charge in [0.05, 0.1) is 34.2 Å². The molecule has 12 nitrogen and oxygen atoms in total. The van der Waals surface area contributed by atoms with Crippen molar-refractivity contribution in [2.45, 2.75) is 62.8 Å². The minimum absolute atomic E-state index is 0.00802. The maximum atomic E-state index is 13.9. The molecule has 0 aliphatic rings. The Morgan fingerprint density at radius 2 is 1.58 bits per heavy atom. The van der Waals surface area contributed by atoms with Crippen LogP contribution >= 0.6 is 0 Å². The number of methoxy groups -OCH3 is 3. The van der Waals surface area contributed by atoms with Crippen LogP contribution in [0.4, 0.5) is 13.2 Å². The number of carbonyl (C=O) groups excluding carboxylic acids is 4. The molecule has 0 aliphatic heterocycles. The third-order valence-corrected chi connectivity index (χ3v) is 6.70. The van der Waals surface area contributed by atoms with E-state index in [-0.39, 0.29) is 19.3 Å². The molecule has 6 N–H and O–H groups in total. The van der Waals surface area contributed by atoms with E-state index in [9.17, 15) is 32.3 Å². The predicted molar refractivity (Wildman–Crippen MR) is 158 cm³/mol. The Morgan fingerprint density at radius 3 is 2.18 bits per heavy atom. The van der Waals surface area contributed by atoms with E-state index in [0.717, 1.165) is 7.11 Å². The Kier molecular flexibility index (Phi) is 15.1. The summed E-state index contributed by atoms with van der Waals surface area (Å²) in [5, 5.41) is 4.82. The Bertz CT molecular complexity index is 1260. The molecule has 0 bridgehead atoms. The van der Waals surface area contributed by atoms with Gasteiger partial charge in [-0.3, -0.25) is 19.8 Å². The Balaban J connectivity index is 2.09. The quantitative estimate of drug-likeness (QED) is 0.0926. The smallest absolute Gasteiger partial charge is 0.406 e. The summed E-state index contributed by atoms with van der Waals surface area (Å²) in [4.78, 5) is 50.7. The van der Waals surface area contributed by atoms with Gasteiger partial charge in [-0.25, -0.2) is 10.2 Å². The fourth-order valence-corrected chi connectivity index (χ4v) is 4.32. The van der Waals surface area contributed by atoms with Crippen molar-refractivity contribution in [3.63, 3.8) is 0 Å². The largest absolute Gasteiger partial charge is 0.497 e. The number of hydrogen-bond donors (Lipinski definition) is 5. The van der Waals surface area contributed by atoms with Crippen LogP contribution in [0.3, 0.4) is 0 Å². The normalized spacial score (nSPS) is 13.1. The van der Waals surface area contributed by atoms with E-state index in [2.05, 4.69) is 10.6 Å². The molecular weight excluding hydrogens is 599 g/mol. The average molecular weight is 640 g/mol. The van der Waals surface area contributed by atoms with Crippen molar-refractivity contribution < 1.29 is 46.6 Å². The monoisotopic (exact) mass is 639 g/mol. The summed E-state index contributed by atoms with van der Waals surface area (Å²) < 4.78 is 56.8. The second kappa shape index (κ2) is 18.4. The van der Waals surface area contributed by atoms with Gasteiger partial charge in [-0.05, 0) is 49.6 Å². The summed E-state index contributed by atoms with van der Waals surface area (Å²) in [5.41, 5.74) is 10.5. The molecule has 0 aliphatic carbocycles. The fourth-order valence-electron chi connectivity index (χ4n) is 4.32. The summed E-state index contributed by atoms with van der Waals surface area (Å²) in [6, 6.07) is 8.41. The van der Waals surface area contributed by atoms with Crippen molar-refractivity contribution in [3.05, 3.63) is 59.7 Å². The van der Waals surface area contributed by atoms with Crippen molar-refractivity contribution in [2.75, 3.05) is 27.9 Å². The van der Waals surface area contributed by atoms with Gasteiger partial charge in [0.1, 0.15) is 29.6 Å². The molecule has 3 atom stereocenters. The van der Waals surface area contributed by atoms with Gasteiger partial charge in [-0.2, -0.15) is 13.2 Å². The zero-order chi connectivity index (χ0) is 33.4. The minimum atomic E-state index is -4.97. The van der Waals surface area contributed by atoms with Gasteiger partial charge in [-0.15, -0.1) is 0 Å². The van der Waals surface area contributed by atoms with Crippen LogP contribution in [-0.2, 0) is 36.8 Å². The number of rotatable bonds is 18. The highest BCUT2D eigenvalue weighted by Crippen LogP contribution is 2.25. The van der Waals surface area contributed by atoms with Gasteiger partial charge in [0.2, 0.25) is 11.8 Å². The van der Waals surface area contributed by atoms with Gasteiger partial charge >= 0.3 is 12.1 Å². The molecule has 15 heteroatoms. The van der Waals surface area contributed by atoms with Crippen molar-refractivity contribution in [2.24, 2.45) is 5.73 Å². The molecule has 2 aromatic carbocycles. The molecule has 3 amide bonds. The first kappa shape index (κ1) is 36.8. The molecule has 0 spiro atoms. The number of nitrogens with two attached hydrogens (primary N) is 1. The lowest BCUT2D eigenvalue weighted by atomic mass is 10.1. The van der Waals surface area contributed by atoms with Crippen LogP contribution in [0, 0.1) is 0 Å². The van der Waals surface area contributed by atoms with E-state index >= 15 is 0 Å². The molecule has 0 saturated heterocycles. The van der Waals surface area contributed by atoms with E-state index in [0.29, 0.717) is 42.0 Å². The highest BCUT2D eigenvalue weighted by molar-refractivity contribution is 5.88. The number of hydrogen-bond acceptors (Lipinski definition) is 9. The second-order valence-electron chi connectivity index (χ2n) is 10.0. The standard InChI is InChI=1S/C30H40F3N5O7/c1-43-21-12-13-24(44-2)20(16-21)17-26(39)35-22(11-7-8-14-34)28(41)38-37-25(30(31,32)33)18-27(40)36-23(29(42)45-3)15-19-9-5-4-6-10-19/h4-6,9-10,12-13,16,22-23,25,37H,7-8,11,14-15,17-18,34H2,1-3H3,(H,35,39)(H,36,40)(H,38,41)/t22-,23-,25?/m0/s1. The first-order chi connectivity index (χ1) is 21.4. The highest BCUT2D eigenvalue weighted by atomic mass is 19.4. The van der Waals surface area contributed by atoms with E-state index in [1.807, 2.05) is 10.9 Å². The average Bonchev–Trinajstić information content (AvgIpc) is 3.01. The molecule has 2 rings (SSSR count). The lowest BCUT2D eigenvalue weighted by Gasteiger charge is -2.25. The fraction of sp³-hybridized carbons (Fsp3) is 0.467. The first-order valence-electron chi connectivity index (χ1n) is 14.1. The second-order valence-corrected chi connectivity index (χ2v) is 10.0. The van der Waals surface area contributed by atoms with Crippen LogP contribution in [0.15, 0.2) is 48.5 Å². The van der Waals surface area contributed by atoms with Crippen molar-refractivity contribution in [1.82, 2.24) is 21.5 Å². The van der Waals surface area contributed by atoms with Crippen LogP contribution in [0.25, 0.3) is 0 Å². The topological polar surface area (TPSA) is 170 Å². The summed E-state index contributed by atoms with van der Waals surface area (Å²) in [6.45, 7) is 0.309. The van der Waals surface area contributed by atoms with Gasteiger partial charge in [0.15, 0.2) is 0 Å². The highest BCUT2D eigenvalue weighted by Gasteiger charge is 2.42. The zero-order valence-electron chi connectivity index (χ0n) is 25.4. The summed E-state index contributed by atoms with van der Waals surface area (Å²) in [6.07, 6.45) is -5.34. The maximum absolute atomic E-state index is 13.9. The van der Waals surface area contributed by atoms with Crippen LogP contribution in [-0.4, -0.2) is 75.9 Å². The molecule has 0 fully saturated rings. The molecule has 0 heterocycles. The van der Waals surface area contributed by atoms with E-state index < -0.39 is 54.4 Å². The van der Waals surface area contributed by atoms with E-state index in [1.54, 1.807) is 48.5 Å². The number of alkyl halides is 3. The molecule has 0 aromatic heterocycles. The summed E-state index contributed by atoms with van der Waals surface area (Å²) >= 11 is 0. The first-order valence-corrected chi connectivity index (χ1v) is 14.1. The Morgan fingerprint density at radius 1 is 0.889 bits per heavy atom. The van der Waals surface area contributed by atoms with Crippen LogP contribution in [0.5, 0.6) is 11.5 Å². The Labute approximate surface area is 259 Å². The lowest BCUT2D eigenvalue weighted by molar-refractivity contribution is -0.165. The third-order valence-electron chi connectivity index (χ3n) is 6.70. The molecule has 0 saturated carbocycles. The van der Waals surface area contributed by atoms with Gasteiger partial charge in [-0.1, -0.05) is 30.3 Å². The molecule has 1 unspecified atom stereocenters. The number of ether oxygens (including phenoxy) is 3. The predicted octanol–water partition coefficient (Wildman–Crippen LogP) is 1.70. The van der Waals surface area contributed by atoms with Gasteiger partial charge in [0, 0.05) is 12.0 Å². The number of nitrogens with one attached hydrogen (secondary N) is 4. The number of esters is 1. The Hall–Kier alpha value is -4.37. The number of halogens is 3. The molecule has 0 radical (unpaired) electrons. The molecule has 2 aromatic rings. The van der Waals surface area contributed by atoms with Crippen LogP contribution < -0.4 is 36.7 Å². The van der Waals surface area contributed by atoms with E-state index in [1.165, 1.54) is 14.2 Å². The van der Waals surface area contributed by atoms with E-state index in [4.69, 9.17) is 19.9 Å². The zero-order valence-corrected chi connectivity index (χ0v) is 25.4. The summed E-state index contributed by atoms with van der Waals surface area (Å²) in [7, 11) is 3.97. The van der Waals surface area contributed by atoms with Crippen LogP contribution in [0.1, 0.15) is 36.8 Å². The number of amides is 3. The van der Waals surface area contributed by atoms with Gasteiger partial charge in [0.25, 0.3) is 5.91 Å². The van der Waals surface area contributed by atoms with Crippen molar-refractivity contribution in [3.8, 4) is 11.5 Å². The number of unbranched alkanes of at least 4 members (excludes halogenated alkanes) is 1. The number of carbonyl (C=O) groups is 4. The van der Waals surface area contributed by atoms with Gasteiger partial charge < -0.3 is 30.6 Å². The van der Waals surface area contributed by atoms with Crippen LogP contribution in [0.2, 0.25) is 0 Å². The third kappa shape index (κ3) is 12.6. The van der Waals surface area contributed by atoms with Crippen molar-refractivity contribution in [1.29, 1.82) is 0 Å². The maximum Gasteiger partial charge on any atom is 0.406 e. The number of hydrazine groups is 1. The SMILES string of the molecule is COC(=O)[C@H](Cc1ccccc1)NC(=O)CC(NNC(=O)[C@H](CCCCN)NC(=O)Cc1cc(OC)ccc1OC)C(F)(F)F. The van der Waals surface area contributed by atoms with Crippen molar-refractivity contribution >= 4 is 23.7 Å². The molecule has 45 heavy (non-hydrogen) atoms. The lowest BCUT2D eigenvalue weighted by Crippen LogP contribution is -2.58. The molecular formula is C30H40F3N5O7. The number of benzene rings is 2.